The number of nitrogens with two attached hydrogens (primary N) is 1. The molecule has 3 rings (SSSR count). The van der Waals surface area contributed by atoms with E-state index >= 15 is 0 Å². The highest BCUT2D eigenvalue weighted by atomic mass is 32.2. The first-order valence-corrected chi connectivity index (χ1v) is 9.06. The summed E-state index contributed by atoms with van der Waals surface area (Å²) in [6, 6.07) is 0.870. The van der Waals surface area contributed by atoms with Crippen LogP contribution in [0.25, 0.3) is 0 Å². The molecular weight excluding hydrogens is 240 g/mol. The number of hydrogen-bond acceptors (Lipinski definition) is 3. The summed E-state index contributed by atoms with van der Waals surface area (Å²) in [5, 5.41) is 0. The van der Waals surface area contributed by atoms with E-state index in [9.17, 15) is 0 Å². The fourth-order valence-electron chi connectivity index (χ4n) is 4.56. The van der Waals surface area contributed by atoms with Crippen molar-refractivity contribution in [1.82, 2.24) is 4.90 Å². The predicted molar refractivity (Wildman–Crippen MR) is 80.0 cm³/mol. The molecule has 104 valence electrons. The first-order chi connectivity index (χ1) is 8.86. The molecule has 0 spiro atoms. The standard InChI is InChI=1S/C15H28N2S/c16-11-15(8-4-10-18-12-15)17-9-3-6-13-5-1-2-7-14(13)17/h13-14H,1-12,16H2/t13-,14-,15?/m1/s1. The maximum Gasteiger partial charge on any atom is 0.0425 e. The molecule has 1 saturated carbocycles. The van der Waals surface area contributed by atoms with Gasteiger partial charge in [-0.15, -0.1) is 0 Å². The zero-order valence-corrected chi connectivity index (χ0v) is 12.4. The van der Waals surface area contributed by atoms with Crippen LogP contribution in [-0.2, 0) is 0 Å². The molecule has 2 N–H and O–H groups in total. The second kappa shape index (κ2) is 5.72. The van der Waals surface area contributed by atoms with Crippen LogP contribution in [0.2, 0.25) is 0 Å². The molecule has 3 fully saturated rings. The van der Waals surface area contributed by atoms with Crippen LogP contribution in [0.15, 0.2) is 0 Å². The molecular formula is C15H28N2S. The molecule has 0 amide bonds. The molecule has 18 heavy (non-hydrogen) atoms. The first kappa shape index (κ1) is 13.3. The van der Waals surface area contributed by atoms with Crippen LogP contribution in [0, 0.1) is 5.92 Å². The average Bonchev–Trinajstić information content (AvgIpc) is 2.47. The van der Waals surface area contributed by atoms with Crippen LogP contribution in [0.5, 0.6) is 0 Å². The number of nitrogens with zero attached hydrogens (tertiary/aromatic N) is 1. The van der Waals surface area contributed by atoms with E-state index in [1.807, 2.05) is 0 Å². The summed E-state index contributed by atoms with van der Waals surface area (Å²) in [5.41, 5.74) is 6.59. The van der Waals surface area contributed by atoms with E-state index in [1.165, 1.54) is 69.4 Å². The van der Waals surface area contributed by atoms with Crippen molar-refractivity contribution in [3.8, 4) is 0 Å². The molecule has 0 bridgehead atoms. The number of piperidine rings is 1. The van der Waals surface area contributed by atoms with Crippen LogP contribution in [-0.4, -0.2) is 41.1 Å². The Morgan fingerprint density at radius 3 is 2.72 bits per heavy atom. The summed E-state index contributed by atoms with van der Waals surface area (Å²) in [7, 11) is 0. The molecule has 3 aliphatic rings. The van der Waals surface area contributed by atoms with Crippen molar-refractivity contribution in [3.63, 3.8) is 0 Å². The smallest absolute Gasteiger partial charge is 0.0425 e. The molecule has 0 aromatic carbocycles. The molecule has 1 aliphatic carbocycles. The molecule has 0 radical (unpaired) electrons. The van der Waals surface area contributed by atoms with Gasteiger partial charge < -0.3 is 5.73 Å². The topological polar surface area (TPSA) is 29.3 Å². The van der Waals surface area contributed by atoms with Gasteiger partial charge in [0.05, 0.1) is 0 Å². The third-order valence-electron chi connectivity index (χ3n) is 5.53. The van der Waals surface area contributed by atoms with Crippen LogP contribution >= 0.6 is 11.8 Å². The predicted octanol–water partition coefficient (Wildman–Crippen LogP) is 2.87. The van der Waals surface area contributed by atoms with Crippen molar-refractivity contribution >= 4 is 11.8 Å². The summed E-state index contributed by atoms with van der Waals surface area (Å²) in [4.78, 5) is 2.88. The minimum atomic E-state index is 0.351. The molecule has 2 saturated heterocycles. The fourth-order valence-corrected chi connectivity index (χ4v) is 5.86. The van der Waals surface area contributed by atoms with Crippen molar-refractivity contribution in [1.29, 1.82) is 0 Å². The van der Waals surface area contributed by atoms with Crippen molar-refractivity contribution in [3.05, 3.63) is 0 Å². The summed E-state index contributed by atoms with van der Waals surface area (Å²) < 4.78 is 0. The Kier molecular flexibility index (Phi) is 4.21. The lowest BCUT2D eigenvalue weighted by Crippen LogP contribution is -2.64. The van der Waals surface area contributed by atoms with Crippen molar-refractivity contribution in [2.75, 3.05) is 24.6 Å². The average molecular weight is 268 g/mol. The van der Waals surface area contributed by atoms with Crippen molar-refractivity contribution in [2.45, 2.75) is 62.9 Å². The Hall–Kier alpha value is 0.270. The maximum atomic E-state index is 6.24. The van der Waals surface area contributed by atoms with Crippen molar-refractivity contribution < 1.29 is 0 Å². The van der Waals surface area contributed by atoms with E-state index in [-0.39, 0.29) is 0 Å². The first-order valence-electron chi connectivity index (χ1n) is 7.90. The third-order valence-corrected chi connectivity index (χ3v) is 6.85. The van der Waals surface area contributed by atoms with Gasteiger partial charge >= 0.3 is 0 Å². The largest absolute Gasteiger partial charge is 0.329 e. The molecule has 2 heterocycles. The quantitative estimate of drug-likeness (QED) is 0.835. The monoisotopic (exact) mass is 268 g/mol. The minimum absolute atomic E-state index is 0.351. The highest BCUT2D eigenvalue weighted by Gasteiger charge is 2.44. The zero-order valence-electron chi connectivity index (χ0n) is 11.6. The molecule has 2 aliphatic heterocycles. The Balaban J connectivity index is 1.79. The van der Waals surface area contributed by atoms with E-state index in [4.69, 9.17) is 5.73 Å². The number of likely N-dealkylation sites (tertiary alicyclic amines) is 1. The van der Waals surface area contributed by atoms with E-state index < -0.39 is 0 Å². The summed E-state index contributed by atoms with van der Waals surface area (Å²) in [5.74, 6) is 3.62. The van der Waals surface area contributed by atoms with E-state index in [1.54, 1.807) is 0 Å². The summed E-state index contributed by atoms with van der Waals surface area (Å²) in [6.45, 7) is 2.20. The van der Waals surface area contributed by atoms with Gasteiger partial charge in [0.25, 0.3) is 0 Å². The molecule has 0 aromatic heterocycles. The highest BCUT2D eigenvalue weighted by molar-refractivity contribution is 7.99. The summed E-state index contributed by atoms with van der Waals surface area (Å²) >= 11 is 2.14. The van der Waals surface area contributed by atoms with Gasteiger partial charge in [-0.05, 0) is 56.7 Å². The molecule has 3 heteroatoms. The second-order valence-electron chi connectivity index (χ2n) is 6.53. The maximum absolute atomic E-state index is 6.24. The van der Waals surface area contributed by atoms with Gasteiger partial charge in [-0.3, -0.25) is 4.90 Å². The fraction of sp³-hybridized carbons (Fsp3) is 1.00. The van der Waals surface area contributed by atoms with Gasteiger partial charge in [-0.2, -0.15) is 11.8 Å². The van der Waals surface area contributed by atoms with Crippen molar-refractivity contribution in [2.24, 2.45) is 11.7 Å². The van der Waals surface area contributed by atoms with Crippen LogP contribution in [0.3, 0.4) is 0 Å². The number of fused-ring (bicyclic) bond motifs is 1. The minimum Gasteiger partial charge on any atom is -0.329 e. The number of thioether (sulfide) groups is 1. The Labute approximate surface area is 116 Å². The van der Waals surface area contributed by atoms with Crippen LogP contribution < -0.4 is 5.73 Å². The Bertz CT molecular complexity index is 274. The van der Waals surface area contributed by atoms with E-state index in [2.05, 4.69) is 16.7 Å². The number of hydrogen-bond donors (Lipinski definition) is 1. The third kappa shape index (κ3) is 2.34. The lowest BCUT2D eigenvalue weighted by Gasteiger charge is -2.55. The summed E-state index contributed by atoms with van der Waals surface area (Å²) in [6.07, 6.45) is 11.5. The lowest BCUT2D eigenvalue weighted by molar-refractivity contribution is -0.0201. The van der Waals surface area contributed by atoms with Gasteiger partial charge in [-0.25, -0.2) is 0 Å². The van der Waals surface area contributed by atoms with Gasteiger partial charge in [-0.1, -0.05) is 12.8 Å². The highest BCUT2D eigenvalue weighted by Crippen LogP contribution is 2.42. The second-order valence-corrected chi connectivity index (χ2v) is 7.64. The van der Waals surface area contributed by atoms with Gasteiger partial charge in [0, 0.05) is 23.9 Å². The van der Waals surface area contributed by atoms with Gasteiger partial charge in [0.2, 0.25) is 0 Å². The van der Waals surface area contributed by atoms with Crippen LogP contribution in [0.4, 0.5) is 0 Å². The molecule has 1 unspecified atom stereocenters. The van der Waals surface area contributed by atoms with E-state index in [0.717, 1.165) is 18.5 Å². The molecule has 2 nitrogen and oxygen atoms in total. The molecule has 0 aromatic rings. The molecule has 3 atom stereocenters. The van der Waals surface area contributed by atoms with E-state index in [0.29, 0.717) is 5.54 Å². The van der Waals surface area contributed by atoms with Crippen LogP contribution in [0.1, 0.15) is 51.4 Å². The SMILES string of the molecule is NCC1(N2CCC[C@H]3CCCC[C@H]32)CCCSC1. The zero-order chi connectivity index (χ0) is 12.4. The normalized spacial score (nSPS) is 42.5. The van der Waals surface area contributed by atoms with Gasteiger partial charge in [0.1, 0.15) is 0 Å². The Morgan fingerprint density at radius 2 is 1.94 bits per heavy atom. The number of rotatable bonds is 2. The lowest BCUT2D eigenvalue weighted by atomic mass is 9.75. The van der Waals surface area contributed by atoms with Gasteiger partial charge in [0.15, 0.2) is 0 Å². The Morgan fingerprint density at radius 1 is 1.11 bits per heavy atom.